The van der Waals surface area contributed by atoms with Crippen molar-refractivity contribution in [1.82, 2.24) is 9.55 Å². The molecule has 1 saturated heterocycles. The van der Waals surface area contributed by atoms with E-state index in [1.54, 1.807) is 30.6 Å². The summed E-state index contributed by atoms with van der Waals surface area (Å²) in [5.41, 5.74) is 2.98. The smallest absolute Gasteiger partial charge is 0.382 e. The van der Waals surface area contributed by atoms with Gasteiger partial charge in [-0.05, 0) is 49.1 Å². The summed E-state index contributed by atoms with van der Waals surface area (Å²) in [6.07, 6.45) is 1.78. The molecule has 0 bridgehead atoms. The minimum absolute atomic E-state index is 0.264. The number of pyridine rings is 1. The summed E-state index contributed by atoms with van der Waals surface area (Å²) in [4.78, 5) is 6.40. The summed E-state index contributed by atoms with van der Waals surface area (Å²) in [5, 5.41) is 4.35. The number of alkyl halides is 3. The second kappa shape index (κ2) is 8.93. The van der Waals surface area contributed by atoms with E-state index in [2.05, 4.69) is 27.0 Å². The minimum Gasteiger partial charge on any atom is -0.382 e. The number of nitrogens with zero attached hydrogens (tertiary/aromatic N) is 3. The Balaban J connectivity index is 1.56. The SMILES string of the molecule is CCC#Cc1cc2c(NC3CCN(c4ccncc4)CC3)cccc2n1CC(F)(F)F. The van der Waals surface area contributed by atoms with Crippen molar-refractivity contribution < 1.29 is 13.2 Å². The molecule has 3 aromatic rings. The average molecular weight is 426 g/mol. The first-order valence-electron chi connectivity index (χ1n) is 10.5. The zero-order valence-electron chi connectivity index (χ0n) is 17.4. The van der Waals surface area contributed by atoms with Crippen LogP contribution in [0, 0.1) is 11.8 Å². The molecule has 3 heterocycles. The Labute approximate surface area is 180 Å². The Kier molecular flexibility index (Phi) is 6.08. The highest BCUT2D eigenvalue weighted by molar-refractivity contribution is 5.94. The first kappa shape index (κ1) is 21.1. The van der Waals surface area contributed by atoms with Crippen molar-refractivity contribution in [3.8, 4) is 11.8 Å². The highest BCUT2D eigenvalue weighted by Gasteiger charge is 2.30. The lowest BCUT2D eigenvalue weighted by Gasteiger charge is -2.34. The Morgan fingerprint density at radius 3 is 2.55 bits per heavy atom. The van der Waals surface area contributed by atoms with E-state index in [-0.39, 0.29) is 6.04 Å². The van der Waals surface area contributed by atoms with Crippen molar-refractivity contribution in [2.75, 3.05) is 23.3 Å². The van der Waals surface area contributed by atoms with Crippen molar-refractivity contribution in [1.29, 1.82) is 0 Å². The molecule has 0 atom stereocenters. The number of nitrogens with one attached hydrogen (secondary N) is 1. The maximum Gasteiger partial charge on any atom is 0.406 e. The van der Waals surface area contributed by atoms with E-state index in [0.29, 0.717) is 17.6 Å². The predicted octanol–water partition coefficient (Wildman–Crippen LogP) is 5.44. The summed E-state index contributed by atoms with van der Waals surface area (Å²) >= 11 is 0. The molecule has 0 aliphatic carbocycles. The van der Waals surface area contributed by atoms with E-state index in [4.69, 9.17) is 0 Å². The monoisotopic (exact) mass is 426 g/mol. The molecule has 31 heavy (non-hydrogen) atoms. The number of hydrogen-bond acceptors (Lipinski definition) is 3. The van der Waals surface area contributed by atoms with Crippen LogP contribution in [0.5, 0.6) is 0 Å². The molecule has 7 heteroatoms. The van der Waals surface area contributed by atoms with Gasteiger partial charge in [0, 0.05) is 54.7 Å². The van der Waals surface area contributed by atoms with Gasteiger partial charge in [0.1, 0.15) is 6.54 Å². The quantitative estimate of drug-likeness (QED) is 0.564. The molecule has 0 saturated carbocycles. The fourth-order valence-electron chi connectivity index (χ4n) is 4.10. The van der Waals surface area contributed by atoms with Gasteiger partial charge in [0.25, 0.3) is 0 Å². The van der Waals surface area contributed by atoms with Crippen LogP contribution in [0.25, 0.3) is 10.9 Å². The number of piperidine rings is 1. The molecule has 1 N–H and O–H groups in total. The van der Waals surface area contributed by atoms with Crippen LogP contribution in [0.2, 0.25) is 0 Å². The lowest BCUT2D eigenvalue weighted by atomic mass is 10.0. The molecular formula is C24H25F3N4. The highest BCUT2D eigenvalue weighted by Crippen LogP contribution is 2.31. The fourth-order valence-corrected chi connectivity index (χ4v) is 4.10. The van der Waals surface area contributed by atoms with Crippen molar-refractivity contribution in [3.05, 3.63) is 54.5 Å². The zero-order chi connectivity index (χ0) is 21.8. The van der Waals surface area contributed by atoms with E-state index < -0.39 is 12.7 Å². The van der Waals surface area contributed by atoms with Crippen molar-refractivity contribution >= 4 is 22.3 Å². The standard InChI is InChI=1S/C24H25F3N4/c1-2-3-5-20-16-21-22(6-4-7-23(21)31(20)17-24(25,26)27)29-18-10-14-30(15-11-18)19-8-12-28-13-9-19/h4,6-9,12-13,16,18,29H,2,10-11,14-15,17H2,1H3. The summed E-state index contributed by atoms with van der Waals surface area (Å²) in [5.74, 6) is 5.81. The van der Waals surface area contributed by atoms with Gasteiger partial charge in [0.2, 0.25) is 0 Å². The second-order valence-corrected chi connectivity index (χ2v) is 7.74. The molecule has 4 nitrogen and oxygen atoms in total. The van der Waals surface area contributed by atoms with Crippen molar-refractivity contribution in [2.24, 2.45) is 0 Å². The first-order valence-corrected chi connectivity index (χ1v) is 10.5. The van der Waals surface area contributed by atoms with Gasteiger partial charge in [0.05, 0.1) is 11.2 Å². The molecule has 0 unspecified atom stereocenters. The fraction of sp³-hybridized carbons (Fsp3) is 0.375. The predicted molar refractivity (Wildman–Crippen MR) is 118 cm³/mol. The summed E-state index contributed by atoms with van der Waals surface area (Å²) in [6, 6.07) is 11.5. The summed E-state index contributed by atoms with van der Waals surface area (Å²) < 4.78 is 40.9. The molecule has 0 radical (unpaired) electrons. The topological polar surface area (TPSA) is 33.1 Å². The molecule has 162 valence electrons. The maximum absolute atomic E-state index is 13.2. The van der Waals surface area contributed by atoms with E-state index in [1.807, 2.05) is 25.1 Å². The zero-order valence-corrected chi connectivity index (χ0v) is 17.4. The van der Waals surface area contributed by atoms with Gasteiger partial charge >= 0.3 is 6.18 Å². The normalized spacial score (nSPS) is 15.0. The number of hydrogen-bond donors (Lipinski definition) is 1. The number of anilines is 2. The van der Waals surface area contributed by atoms with Gasteiger partial charge in [-0.3, -0.25) is 4.98 Å². The van der Waals surface area contributed by atoms with Crippen LogP contribution >= 0.6 is 0 Å². The lowest BCUT2D eigenvalue weighted by Crippen LogP contribution is -2.39. The number of rotatable bonds is 4. The van der Waals surface area contributed by atoms with Crippen LogP contribution in [0.3, 0.4) is 0 Å². The second-order valence-electron chi connectivity index (χ2n) is 7.74. The van der Waals surface area contributed by atoms with Crippen molar-refractivity contribution in [3.63, 3.8) is 0 Å². The number of halogens is 3. The van der Waals surface area contributed by atoms with E-state index in [0.717, 1.165) is 37.0 Å². The molecule has 1 aromatic carbocycles. The molecule has 0 spiro atoms. The van der Waals surface area contributed by atoms with E-state index in [1.165, 1.54) is 10.3 Å². The average Bonchev–Trinajstić information content (AvgIpc) is 3.10. The van der Waals surface area contributed by atoms with E-state index in [9.17, 15) is 13.2 Å². The van der Waals surface area contributed by atoms with Gasteiger partial charge in [-0.2, -0.15) is 13.2 Å². The third kappa shape index (κ3) is 4.96. The van der Waals surface area contributed by atoms with Gasteiger partial charge in [-0.15, -0.1) is 0 Å². The molecule has 1 aliphatic heterocycles. The third-order valence-electron chi connectivity index (χ3n) is 5.56. The maximum atomic E-state index is 13.2. The Bertz CT molecular complexity index is 1080. The van der Waals surface area contributed by atoms with Gasteiger partial charge in [-0.25, -0.2) is 0 Å². The lowest BCUT2D eigenvalue weighted by molar-refractivity contribution is -0.140. The van der Waals surface area contributed by atoms with E-state index >= 15 is 0 Å². The molecule has 1 fully saturated rings. The Morgan fingerprint density at radius 2 is 1.87 bits per heavy atom. The Hall–Kier alpha value is -3.14. The Morgan fingerprint density at radius 1 is 1.13 bits per heavy atom. The largest absolute Gasteiger partial charge is 0.406 e. The van der Waals surface area contributed by atoms with Crippen LogP contribution in [-0.4, -0.2) is 34.9 Å². The molecule has 0 amide bonds. The minimum atomic E-state index is -4.31. The van der Waals surface area contributed by atoms with Crippen molar-refractivity contribution in [2.45, 2.75) is 44.9 Å². The van der Waals surface area contributed by atoms with Crippen LogP contribution in [0.15, 0.2) is 48.8 Å². The number of aromatic nitrogens is 2. The van der Waals surface area contributed by atoms with Gasteiger partial charge in [0.15, 0.2) is 0 Å². The first-order chi connectivity index (χ1) is 14.9. The molecular weight excluding hydrogens is 401 g/mol. The van der Waals surface area contributed by atoms with Gasteiger partial charge in [-0.1, -0.05) is 18.9 Å². The van der Waals surface area contributed by atoms with Crippen LogP contribution < -0.4 is 10.2 Å². The summed E-state index contributed by atoms with van der Waals surface area (Å²) in [7, 11) is 0. The number of fused-ring (bicyclic) bond motifs is 1. The highest BCUT2D eigenvalue weighted by atomic mass is 19.4. The van der Waals surface area contributed by atoms with Crippen LogP contribution in [0.4, 0.5) is 24.5 Å². The van der Waals surface area contributed by atoms with Gasteiger partial charge < -0.3 is 14.8 Å². The molecule has 4 rings (SSSR count). The number of benzene rings is 1. The van der Waals surface area contributed by atoms with Crippen LogP contribution in [-0.2, 0) is 6.54 Å². The van der Waals surface area contributed by atoms with Crippen LogP contribution in [0.1, 0.15) is 31.9 Å². The third-order valence-corrected chi connectivity index (χ3v) is 5.56. The summed E-state index contributed by atoms with van der Waals surface area (Å²) in [6.45, 7) is 2.67. The molecule has 1 aliphatic rings. The molecule has 2 aromatic heterocycles.